The summed E-state index contributed by atoms with van der Waals surface area (Å²) in [6.45, 7) is 0. The molecule has 5 rings (SSSR count). The second-order valence-corrected chi connectivity index (χ2v) is 9.05. The Hall–Kier alpha value is -3.32. The molecule has 0 aliphatic rings. The fourth-order valence-electron chi connectivity index (χ4n) is 3.58. The van der Waals surface area contributed by atoms with Crippen molar-refractivity contribution in [2.75, 3.05) is 14.2 Å². The topological polar surface area (TPSA) is 49.2 Å². The standard InChI is InChI=1S/C26H19Cl2N3O2S/c1-32-20-11-5-17(6-12-20)24-23(28)25(18-7-13-21(33-2)14-8-18)31(30-24)26-29-22(15-34-26)16-3-9-19(27)10-4-16/h3-15H,1-2H3. The molecule has 2 heterocycles. The molecule has 0 saturated heterocycles. The summed E-state index contributed by atoms with van der Waals surface area (Å²) in [5, 5.41) is 8.81. The number of hydrogen-bond donors (Lipinski definition) is 0. The van der Waals surface area contributed by atoms with Crippen molar-refractivity contribution in [3.8, 4) is 50.4 Å². The van der Waals surface area contributed by atoms with Crippen LogP contribution < -0.4 is 9.47 Å². The molecule has 0 bridgehead atoms. The number of methoxy groups -OCH3 is 2. The van der Waals surface area contributed by atoms with E-state index < -0.39 is 0 Å². The molecule has 0 aliphatic carbocycles. The number of benzene rings is 3. The Labute approximate surface area is 211 Å². The normalized spacial score (nSPS) is 10.9. The summed E-state index contributed by atoms with van der Waals surface area (Å²) in [6.07, 6.45) is 0. The highest BCUT2D eigenvalue weighted by molar-refractivity contribution is 7.12. The predicted molar refractivity (Wildman–Crippen MR) is 139 cm³/mol. The molecule has 5 nitrogen and oxygen atoms in total. The zero-order valence-corrected chi connectivity index (χ0v) is 20.7. The third-order valence-electron chi connectivity index (χ3n) is 5.37. The maximum absolute atomic E-state index is 6.95. The first kappa shape index (κ1) is 22.5. The molecule has 0 aliphatic heterocycles. The molecule has 170 valence electrons. The van der Waals surface area contributed by atoms with Crippen molar-refractivity contribution in [1.82, 2.24) is 14.8 Å². The summed E-state index contributed by atoms with van der Waals surface area (Å²) in [5.41, 5.74) is 5.03. The molecule has 0 radical (unpaired) electrons. The molecule has 0 fully saturated rings. The molecule has 0 atom stereocenters. The second kappa shape index (κ2) is 9.50. The molecule has 0 spiro atoms. The minimum absolute atomic E-state index is 0.540. The smallest absolute Gasteiger partial charge is 0.211 e. The van der Waals surface area contributed by atoms with Crippen LogP contribution in [-0.4, -0.2) is 29.0 Å². The van der Waals surface area contributed by atoms with Crippen molar-refractivity contribution in [3.63, 3.8) is 0 Å². The Bertz CT molecular complexity index is 1430. The van der Waals surface area contributed by atoms with Gasteiger partial charge < -0.3 is 9.47 Å². The van der Waals surface area contributed by atoms with Crippen LogP contribution in [0.1, 0.15) is 0 Å². The average molecular weight is 508 g/mol. The van der Waals surface area contributed by atoms with Gasteiger partial charge in [0.2, 0.25) is 5.13 Å². The molecule has 2 aromatic heterocycles. The van der Waals surface area contributed by atoms with E-state index in [1.807, 2.05) is 78.2 Å². The van der Waals surface area contributed by atoms with Crippen LogP contribution in [0.2, 0.25) is 10.0 Å². The number of ether oxygens (including phenoxy) is 2. The van der Waals surface area contributed by atoms with Crippen LogP contribution in [0.25, 0.3) is 38.9 Å². The highest BCUT2D eigenvalue weighted by Gasteiger charge is 2.22. The minimum atomic E-state index is 0.540. The van der Waals surface area contributed by atoms with Crippen molar-refractivity contribution >= 4 is 34.5 Å². The van der Waals surface area contributed by atoms with E-state index in [9.17, 15) is 0 Å². The number of thiazole rings is 1. The third-order valence-corrected chi connectivity index (χ3v) is 6.79. The first-order valence-electron chi connectivity index (χ1n) is 10.4. The summed E-state index contributed by atoms with van der Waals surface area (Å²) in [6, 6.07) is 23.0. The number of rotatable bonds is 6. The van der Waals surface area contributed by atoms with Crippen LogP contribution >= 0.6 is 34.5 Å². The molecule has 3 aromatic carbocycles. The van der Waals surface area contributed by atoms with Crippen molar-refractivity contribution in [1.29, 1.82) is 0 Å². The molecule has 0 unspecified atom stereocenters. The van der Waals surface area contributed by atoms with Crippen LogP contribution in [0.5, 0.6) is 11.5 Å². The van der Waals surface area contributed by atoms with Gasteiger partial charge in [0.05, 0.1) is 30.6 Å². The van der Waals surface area contributed by atoms with Crippen LogP contribution in [-0.2, 0) is 0 Å². The van der Waals surface area contributed by atoms with E-state index in [4.69, 9.17) is 42.8 Å². The highest BCUT2D eigenvalue weighted by Crippen LogP contribution is 2.39. The molecule has 0 amide bonds. The van der Waals surface area contributed by atoms with Gasteiger partial charge in [0.1, 0.15) is 17.2 Å². The second-order valence-electron chi connectivity index (χ2n) is 7.40. The van der Waals surface area contributed by atoms with E-state index in [0.717, 1.165) is 39.6 Å². The van der Waals surface area contributed by atoms with Gasteiger partial charge in [0.25, 0.3) is 0 Å². The Morgan fingerprint density at radius 3 is 1.88 bits per heavy atom. The Morgan fingerprint density at radius 2 is 1.29 bits per heavy atom. The number of hydrogen-bond acceptors (Lipinski definition) is 5. The Morgan fingerprint density at radius 1 is 0.735 bits per heavy atom. The van der Waals surface area contributed by atoms with Crippen molar-refractivity contribution in [2.24, 2.45) is 0 Å². The summed E-state index contributed by atoms with van der Waals surface area (Å²) in [7, 11) is 3.28. The lowest BCUT2D eigenvalue weighted by atomic mass is 10.1. The maximum atomic E-state index is 6.95. The first-order chi connectivity index (χ1) is 16.6. The van der Waals surface area contributed by atoms with E-state index in [1.54, 1.807) is 18.9 Å². The monoisotopic (exact) mass is 507 g/mol. The predicted octanol–water partition coefficient (Wildman–Crippen LogP) is 7.65. The van der Waals surface area contributed by atoms with Gasteiger partial charge in [-0.2, -0.15) is 5.10 Å². The summed E-state index contributed by atoms with van der Waals surface area (Å²) in [5.74, 6) is 1.53. The SMILES string of the molecule is COc1ccc(-c2nn(-c3nc(-c4ccc(Cl)cc4)cs3)c(-c3ccc(OC)cc3)c2Cl)cc1. The van der Waals surface area contributed by atoms with E-state index in [1.165, 1.54) is 11.3 Å². The molecule has 5 aromatic rings. The number of aromatic nitrogens is 3. The lowest BCUT2D eigenvalue weighted by Gasteiger charge is -2.06. The Balaban J connectivity index is 1.65. The zero-order valence-electron chi connectivity index (χ0n) is 18.3. The van der Waals surface area contributed by atoms with Gasteiger partial charge in [-0.25, -0.2) is 9.67 Å². The van der Waals surface area contributed by atoms with Crippen molar-refractivity contribution in [2.45, 2.75) is 0 Å². The van der Waals surface area contributed by atoms with E-state index in [-0.39, 0.29) is 0 Å². The lowest BCUT2D eigenvalue weighted by Crippen LogP contribution is -1.99. The molecule has 0 saturated carbocycles. The van der Waals surface area contributed by atoms with Gasteiger partial charge >= 0.3 is 0 Å². The highest BCUT2D eigenvalue weighted by atomic mass is 35.5. The number of halogens is 2. The van der Waals surface area contributed by atoms with Gasteiger partial charge in [0.15, 0.2) is 0 Å². The first-order valence-corrected chi connectivity index (χ1v) is 12.0. The van der Waals surface area contributed by atoms with Crippen LogP contribution in [0, 0.1) is 0 Å². The van der Waals surface area contributed by atoms with Gasteiger partial charge in [-0.1, -0.05) is 35.3 Å². The fraction of sp³-hybridized carbons (Fsp3) is 0.0769. The zero-order chi connectivity index (χ0) is 23.7. The van der Waals surface area contributed by atoms with E-state index >= 15 is 0 Å². The van der Waals surface area contributed by atoms with Crippen LogP contribution in [0.4, 0.5) is 0 Å². The summed E-state index contributed by atoms with van der Waals surface area (Å²) >= 11 is 14.5. The van der Waals surface area contributed by atoms with Gasteiger partial charge in [-0.3, -0.25) is 0 Å². The molecular formula is C26H19Cl2N3O2S. The number of nitrogens with zero attached hydrogens (tertiary/aromatic N) is 3. The minimum Gasteiger partial charge on any atom is -0.497 e. The largest absolute Gasteiger partial charge is 0.497 e. The van der Waals surface area contributed by atoms with Crippen molar-refractivity contribution in [3.05, 3.63) is 88.2 Å². The van der Waals surface area contributed by atoms with Crippen LogP contribution in [0.3, 0.4) is 0 Å². The maximum Gasteiger partial charge on any atom is 0.211 e. The molecule has 0 N–H and O–H groups in total. The van der Waals surface area contributed by atoms with Crippen LogP contribution in [0.15, 0.2) is 78.2 Å². The quantitative estimate of drug-likeness (QED) is 0.236. The molecular weight excluding hydrogens is 489 g/mol. The fourth-order valence-corrected chi connectivity index (χ4v) is 4.83. The lowest BCUT2D eigenvalue weighted by molar-refractivity contribution is 0.414. The van der Waals surface area contributed by atoms with E-state index in [0.29, 0.717) is 20.9 Å². The van der Waals surface area contributed by atoms with E-state index in [2.05, 4.69) is 0 Å². The molecule has 8 heteroatoms. The Kier molecular flexibility index (Phi) is 6.28. The third kappa shape index (κ3) is 4.28. The summed E-state index contributed by atoms with van der Waals surface area (Å²) in [4.78, 5) is 4.85. The van der Waals surface area contributed by atoms with Crippen molar-refractivity contribution < 1.29 is 9.47 Å². The average Bonchev–Trinajstić information content (AvgIpc) is 3.49. The van der Waals surface area contributed by atoms with Gasteiger partial charge in [-0.05, 0) is 60.7 Å². The van der Waals surface area contributed by atoms with Gasteiger partial charge in [-0.15, -0.1) is 11.3 Å². The summed E-state index contributed by atoms with van der Waals surface area (Å²) < 4.78 is 12.4. The van der Waals surface area contributed by atoms with Gasteiger partial charge in [0, 0.05) is 27.1 Å². The molecule has 34 heavy (non-hydrogen) atoms.